The summed E-state index contributed by atoms with van der Waals surface area (Å²) in [5.74, 6) is 2.32. The van der Waals surface area contributed by atoms with Crippen LogP contribution >= 0.6 is 0 Å². The molecule has 0 fully saturated rings. The largest absolute Gasteiger partial charge is 0.508 e. The molecule has 4 aromatic carbocycles. The molecule has 0 saturated heterocycles. The van der Waals surface area contributed by atoms with E-state index in [1.807, 2.05) is 78.3 Å². The first-order valence-electron chi connectivity index (χ1n) is 14.5. The van der Waals surface area contributed by atoms with E-state index in [1.165, 1.54) is 18.4 Å². The van der Waals surface area contributed by atoms with Gasteiger partial charge in [0.25, 0.3) is 0 Å². The van der Waals surface area contributed by atoms with Crippen LogP contribution in [0.1, 0.15) is 48.2 Å². The Hall–Kier alpha value is -5.17. The molecule has 5 aromatic rings. The van der Waals surface area contributed by atoms with E-state index >= 15 is 0 Å². The second kappa shape index (κ2) is 10.7. The van der Waals surface area contributed by atoms with Crippen LogP contribution in [-0.2, 0) is 6.42 Å². The van der Waals surface area contributed by atoms with Crippen LogP contribution in [0.5, 0.6) is 5.75 Å². The lowest BCUT2D eigenvalue weighted by Gasteiger charge is -2.40. The van der Waals surface area contributed by atoms with Crippen molar-refractivity contribution in [1.29, 1.82) is 0 Å². The number of fused-ring (bicyclic) bond motifs is 4. The molecule has 7 nitrogen and oxygen atoms in total. The van der Waals surface area contributed by atoms with Crippen LogP contribution in [0.3, 0.4) is 0 Å². The number of phenols is 1. The number of nitrogens with one attached hydrogen (secondary N) is 1. The average Bonchev–Trinajstić information content (AvgIpc) is 3.36. The maximum atomic E-state index is 10.6. The number of unbranched alkanes of at least 4 members (excludes halogenated alkanes) is 1. The Morgan fingerprint density at radius 1 is 0.857 bits per heavy atom. The van der Waals surface area contributed by atoms with Gasteiger partial charge in [-0.15, -0.1) is 0 Å². The lowest BCUT2D eigenvalue weighted by Crippen LogP contribution is -2.46. The van der Waals surface area contributed by atoms with Gasteiger partial charge in [0.05, 0.1) is 28.8 Å². The lowest BCUT2D eigenvalue weighted by atomic mass is 9.93. The molecule has 2 N–H and O–H groups in total. The molecule has 2 aliphatic heterocycles. The van der Waals surface area contributed by atoms with E-state index in [0.29, 0.717) is 11.7 Å². The van der Waals surface area contributed by atoms with Crippen molar-refractivity contribution >= 4 is 34.6 Å². The Bertz CT molecular complexity index is 1820. The van der Waals surface area contributed by atoms with Crippen LogP contribution in [-0.4, -0.2) is 26.6 Å². The number of para-hydroxylation sites is 3. The number of nitrogens with zero attached hydrogens (tertiary/aromatic N) is 5. The van der Waals surface area contributed by atoms with Gasteiger partial charge in [-0.2, -0.15) is 5.10 Å². The predicted molar refractivity (Wildman–Crippen MR) is 170 cm³/mol. The Balaban J connectivity index is 1.42. The monoisotopic (exact) mass is 552 g/mol. The van der Waals surface area contributed by atoms with Gasteiger partial charge in [-0.1, -0.05) is 67.9 Å². The SMILES string of the molecule is CCCCc1ccc(NC2=Nc3ccccc3N3C2=Nc2c(c(C)nn2-c2ccccc2)[C@@H]3c2cccc(O)c2)cc1. The number of benzene rings is 4. The number of hydrogen-bond acceptors (Lipinski definition) is 6. The van der Waals surface area contributed by atoms with Crippen molar-refractivity contribution in [2.45, 2.75) is 39.2 Å². The fraction of sp³-hybridized carbons (Fsp3) is 0.171. The molecule has 0 amide bonds. The Labute approximate surface area is 245 Å². The van der Waals surface area contributed by atoms with Gasteiger partial charge >= 0.3 is 0 Å². The third-order valence-corrected chi connectivity index (χ3v) is 7.86. The van der Waals surface area contributed by atoms with E-state index in [0.717, 1.165) is 51.8 Å². The standard InChI is InChI=1S/C35H32N6O/c1-3-4-11-24-18-20-26(21-19-24)36-33-35-38-34-31(23(2)39-41(34)27-13-6-5-7-14-27)32(25-12-10-15-28(42)22-25)40(35)30-17-9-8-16-29(30)37-33/h5-10,12-22,32,42H,3-4,11H2,1-2H3,(H,36,37)/t32-/m0/s1. The average molecular weight is 553 g/mol. The van der Waals surface area contributed by atoms with Gasteiger partial charge in [0.2, 0.25) is 0 Å². The summed E-state index contributed by atoms with van der Waals surface area (Å²) in [5.41, 5.74) is 7.80. The van der Waals surface area contributed by atoms with Gasteiger partial charge in [0.1, 0.15) is 5.75 Å². The number of hydrogen-bond donors (Lipinski definition) is 2. The van der Waals surface area contributed by atoms with Crippen molar-refractivity contribution in [3.63, 3.8) is 0 Å². The van der Waals surface area contributed by atoms with Crippen LogP contribution in [0.4, 0.5) is 22.9 Å². The smallest absolute Gasteiger partial charge is 0.179 e. The first-order chi connectivity index (χ1) is 20.6. The maximum absolute atomic E-state index is 10.6. The summed E-state index contributed by atoms with van der Waals surface area (Å²) in [7, 11) is 0. The summed E-state index contributed by atoms with van der Waals surface area (Å²) >= 11 is 0. The summed E-state index contributed by atoms with van der Waals surface area (Å²) in [6.45, 7) is 4.24. The van der Waals surface area contributed by atoms with E-state index in [9.17, 15) is 5.11 Å². The molecular formula is C35H32N6O. The van der Waals surface area contributed by atoms with Gasteiger partial charge in [0.15, 0.2) is 17.5 Å². The number of anilines is 2. The van der Waals surface area contributed by atoms with Crippen LogP contribution in [0, 0.1) is 6.92 Å². The zero-order valence-corrected chi connectivity index (χ0v) is 23.7. The highest BCUT2D eigenvalue weighted by Gasteiger charge is 2.41. The molecule has 42 heavy (non-hydrogen) atoms. The molecule has 0 spiro atoms. The fourth-order valence-corrected chi connectivity index (χ4v) is 5.83. The van der Waals surface area contributed by atoms with Crippen molar-refractivity contribution in [2.24, 2.45) is 9.98 Å². The minimum absolute atomic E-state index is 0.215. The summed E-state index contributed by atoms with van der Waals surface area (Å²) in [6, 6.07) is 33.9. The van der Waals surface area contributed by atoms with Crippen molar-refractivity contribution in [1.82, 2.24) is 9.78 Å². The van der Waals surface area contributed by atoms with Gasteiger partial charge in [-0.25, -0.2) is 14.7 Å². The zero-order valence-electron chi connectivity index (χ0n) is 23.7. The van der Waals surface area contributed by atoms with Crippen LogP contribution < -0.4 is 10.2 Å². The summed E-state index contributed by atoms with van der Waals surface area (Å²) < 4.78 is 1.91. The zero-order chi connectivity index (χ0) is 28.6. The highest BCUT2D eigenvalue weighted by Crippen LogP contribution is 2.48. The molecular weight excluding hydrogens is 520 g/mol. The first kappa shape index (κ1) is 25.8. The van der Waals surface area contributed by atoms with E-state index in [1.54, 1.807) is 6.07 Å². The van der Waals surface area contributed by atoms with Gasteiger partial charge in [-0.3, -0.25) is 0 Å². The topological polar surface area (TPSA) is 78.0 Å². The molecule has 7 rings (SSSR count). The summed E-state index contributed by atoms with van der Waals surface area (Å²) in [5, 5.41) is 19.1. The Morgan fingerprint density at radius 2 is 1.64 bits per heavy atom. The molecule has 3 heterocycles. The van der Waals surface area contributed by atoms with Crippen molar-refractivity contribution in [2.75, 3.05) is 10.2 Å². The van der Waals surface area contributed by atoms with Crippen LogP contribution in [0.2, 0.25) is 0 Å². The molecule has 0 saturated carbocycles. The van der Waals surface area contributed by atoms with E-state index < -0.39 is 0 Å². The molecule has 1 aromatic heterocycles. The number of aryl methyl sites for hydroxylation is 2. The molecule has 1 atom stereocenters. The second-order valence-electron chi connectivity index (χ2n) is 10.7. The molecule has 208 valence electrons. The highest BCUT2D eigenvalue weighted by molar-refractivity contribution is 6.51. The number of aromatic nitrogens is 2. The quantitative estimate of drug-likeness (QED) is 0.224. The molecule has 7 heteroatoms. The predicted octanol–water partition coefficient (Wildman–Crippen LogP) is 8.02. The Morgan fingerprint density at radius 3 is 2.43 bits per heavy atom. The first-order valence-corrected chi connectivity index (χ1v) is 14.5. The number of aliphatic imine (C=N–C) groups is 2. The number of aromatic hydroxyl groups is 1. The maximum Gasteiger partial charge on any atom is 0.179 e. The van der Waals surface area contributed by atoms with Gasteiger partial charge < -0.3 is 15.3 Å². The molecule has 0 unspecified atom stereocenters. The van der Waals surface area contributed by atoms with E-state index in [2.05, 4.69) is 47.5 Å². The summed E-state index contributed by atoms with van der Waals surface area (Å²) in [6.07, 6.45) is 3.42. The van der Waals surface area contributed by atoms with Crippen LogP contribution in [0.25, 0.3) is 5.69 Å². The fourth-order valence-electron chi connectivity index (χ4n) is 5.83. The minimum Gasteiger partial charge on any atom is -0.508 e. The van der Waals surface area contributed by atoms with Crippen molar-refractivity contribution in [3.05, 3.63) is 126 Å². The highest BCUT2D eigenvalue weighted by atomic mass is 16.3. The third kappa shape index (κ3) is 4.53. The Kier molecular flexibility index (Phi) is 6.55. The number of amidine groups is 2. The number of phenolic OH excluding ortho intramolecular Hbond substituents is 1. The van der Waals surface area contributed by atoms with Crippen molar-refractivity contribution < 1.29 is 5.11 Å². The van der Waals surface area contributed by atoms with Crippen LogP contribution in [0.15, 0.2) is 113 Å². The van der Waals surface area contributed by atoms with Crippen molar-refractivity contribution in [3.8, 4) is 11.4 Å². The van der Waals surface area contributed by atoms with Gasteiger partial charge in [0, 0.05) is 11.3 Å². The number of rotatable bonds is 6. The lowest BCUT2D eigenvalue weighted by molar-refractivity contribution is 0.474. The molecule has 0 bridgehead atoms. The summed E-state index contributed by atoms with van der Waals surface area (Å²) in [4.78, 5) is 12.6. The second-order valence-corrected chi connectivity index (χ2v) is 10.7. The normalized spacial score (nSPS) is 15.3. The van der Waals surface area contributed by atoms with E-state index in [4.69, 9.17) is 15.1 Å². The van der Waals surface area contributed by atoms with Gasteiger partial charge in [-0.05, 0) is 79.4 Å². The minimum atomic E-state index is -0.290. The molecule has 0 radical (unpaired) electrons. The molecule has 0 aliphatic carbocycles. The molecule has 2 aliphatic rings. The third-order valence-electron chi connectivity index (χ3n) is 7.86. The van der Waals surface area contributed by atoms with E-state index in [-0.39, 0.29) is 11.8 Å².